The second-order valence-electron chi connectivity index (χ2n) is 5.20. The average molecular weight is 285 g/mol. The van der Waals surface area contributed by atoms with Gasteiger partial charge in [-0.3, -0.25) is 0 Å². The molecule has 1 aromatic heterocycles. The van der Waals surface area contributed by atoms with E-state index in [9.17, 15) is 8.42 Å². The summed E-state index contributed by atoms with van der Waals surface area (Å²) in [5.74, 6) is 0. The van der Waals surface area contributed by atoms with Crippen LogP contribution in [0, 0.1) is 0 Å². The molecule has 0 radical (unpaired) electrons. The quantitative estimate of drug-likeness (QED) is 0.806. The second-order valence-corrected chi connectivity index (χ2v) is 7.36. The fourth-order valence-electron chi connectivity index (χ4n) is 2.90. The van der Waals surface area contributed by atoms with Crippen LogP contribution in [0.5, 0.6) is 0 Å². The van der Waals surface area contributed by atoms with Crippen molar-refractivity contribution in [2.75, 3.05) is 19.8 Å². The Labute approximate surface area is 113 Å². The van der Waals surface area contributed by atoms with Gasteiger partial charge in [0.2, 0.25) is 10.0 Å². The van der Waals surface area contributed by atoms with Crippen molar-refractivity contribution in [3.8, 4) is 0 Å². The number of aromatic nitrogens is 2. The molecule has 3 heterocycles. The summed E-state index contributed by atoms with van der Waals surface area (Å²) in [5, 5.41) is -0.351. The zero-order valence-corrected chi connectivity index (χ0v) is 11.6. The van der Waals surface area contributed by atoms with Gasteiger partial charge >= 0.3 is 0 Å². The van der Waals surface area contributed by atoms with E-state index in [0.717, 1.165) is 12.8 Å². The van der Waals surface area contributed by atoms with E-state index < -0.39 is 10.0 Å². The number of ether oxygens (including phenoxy) is 1. The van der Waals surface area contributed by atoms with Crippen molar-refractivity contribution in [1.29, 1.82) is 0 Å². The van der Waals surface area contributed by atoms with E-state index in [1.807, 2.05) is 10.8 Å². The fraction of sp³-hybridized carbons (Fsp3) is 0.750. The van der Waals surface area contributed by atoms with Crippen molar-refractivity contribution in [3.05, 3.63) is 18.7 Å². The molecular weight excluding hydrogens is 266 g/mol. The Morgan fingerprint density at radius 2 is 2.26 bits per heavy atom. The maximum absolute atomic E-state index is 12.6. The molecule has 2 aliphatic rings. The first-order valence-electron chi connectivity index (χ1n) is 6.72. The topological polar surface area (TPSA) is 64.4 Å². The second kappa shape index (κ2) is 5.22. The third-order valence-electron chi connectivity index (χ3n) is 3.94. The summed E-state index contributed by atoms with van der Waals surface area (Å²) in [6, 6.07) is 0.0554. The lowest BCUT2D eigenvalue weighted by molar-refractivity contribution is 0.197. The van der Waals surface area contributed by atoms with E-state index in [0.29, 0.717) is 32.7 Å². The van der Waals surface area contributed by atoms with Crippen molar-refractivity contribution in [1.82, 2.24) is 13.9 Å². The zero-order valence-electron chi connectivity index (χ0n) is 10.8. The van der Waals surface area contributed by atoms with Gasteiger partial charge in [0, 0.05) is 38.1 Å². The molecule has 2 aliphatic heterocycles. The molecule has 0 saturated carbocycles. The molecule has 0 spiro atoms. The van der Waals surface area contributed by atoms with Crippen LogP contribution >= 0.6 is 0 Å². The van der Waals surface area contributed by atoms with Crippen LogP contribution < -0.4 is 0 Å². The molecular formula is C12H19N3O3S. The van der Waals surface area contributed by atoms with Crippen molar-refractivity contribution >= 4 is 10.0 Å². The Bertz CT molecular complexity index is 508. The highest BCUT2D eigenvalue weighted by molar-refractivity contribution is 7.89. The number of hydrogen-bond acceptors (Lipinski definition) is 4. The minimum atomic E-state index is -3.22. The van der Waals surface area contributed by atoms with Crippen LogP contribution in [0.25, 0.3) is 0 Å². The minimum Gasteiger partial charge on any atom is -0.380 e. The van der Waals surface area contributed by atoms with E-state index in [4.69, 9.17) is 4.74 Å². The summed E-state index contributed by atoms with van der Waals surface area (Å²) in [7, 11) is -3.22. The van der Waals surface area contributed by atoms with E-state index in [1.54, 1.807) is 16.8 Å². The monoisotopic (exact) mass is 285 g/mol. The average Bonchev–Trinajstić information content (AvgIpc) is 3.12. The van der Waals surface area contributed by atoms with Gasteiger partial charge in [0.1, 0.15) is 5.25 Å². The van der Waals surface area contributed by atoms with Crippen LogP contribution in [0.15, 0.2) is 18.7 Å². The van der Waals surface area contributed by atoms with Crippen molar-refractivity contribution < 1.29 is 13.2 Å². The Morgan fingerprint density at radius 3 is 2.95 bits per heavy atom. The summed E-state index contributed by atoms with van der Waals surface area (Å²) in [5.41, 5.74) is 0. The molecule has 1 aromatic rings. The lowest BCUT2D eigenvalue weighted by Gasteiger charge is -2.26. The van der Waals surface area contributed by atoms with Gasteiger partial charge in [-0.1, -0.05) is 0 Å². The third kappa shape index (κ3) is 2.54. The highest BCUT2D eigenvalue weighted by Gasteiger charge is 2.40. The summed E-state index contributed by atoms with van der Waals surface area (Å²) in [6.45, 7) is 2.23. The summed E-state index contributed by atoms with van der Waals surface area (Å²) in [6.07, 6.45) is 7.82. The lowest BCUT2D eigenvalue weighted by Crippen LogP contribution is -2.43. The molecule has 19 heavy (non-hydrogen) atoms. The van der Waals surface area contributed by atoms with Gasteiger partial charge < -0.3 is 9.30 Å². The van der Waals surface area contributed by atoms with Crippen molar-refractivity contribution in [3.63, 3.8) is 0 Å². The van der Waals surface area contributed by atoms with Gasteiger partial charge in [0.25, 0.3) is 0 Å². The number of sulfonamides is 1. The van der Waals surface area contributed by atoms with Crippen LogP contribution in [0.2, 0.25) is 0 Å². The molecule has 6 nitrogen and oxygen atoms in total. The van der Waals surface area contributed by atoms with Gasteiger partial charge in [0.05, 0.1) is 12.9 Å². The molecule has 0 aliphatic carbocycles. The van der Waals surface area contributed by atoms with Gasteiger partial charge in [-0.15, -0.1) is 0 Å². The highest BCUT2D eigenvalue weighted by Crippen LogP contribution is 2.27. The largest absolute Gasteiger partial charge is 0.380 e. The van der Waals surface area contributed by atoms with E-state index in [2.05, 4.69) is 4.98 Å². The molecule has 0 unspecified atom stereocenters. The lowest BCUT2D eigenvalue weighted by atomic mass is 10.2. The maximum Gasteiger partial charge on any atom is 0.219 e. The predicted molar refractivity (Wildman–Crippen MR) is 70.1 cm³/mol. The Kier molecular flexibility index (Phi) is 3.60. The Balaban J connectivity index is 1.75. The number of rotatable bonds is 4. The number of imidazole rings is 1. The summed E-state index contributed by atoms with van der Waals surface area (Å²) >= 11 is 0. The van der Waals surface area contributed by atoms with Crippen LogP contribution in [-0.2, 0) is 21.3 Å². The fourth-order valence-corrected chi connectivity index (χ4v) is 4.92. The minimum absolute atomic E-state index is 0.0554. The summed E-state index contributed by atoms with van der Waals surface area (Å²) in [4.78, 5) is 4.00. The molecule has 0 N–H and O–H groups in total. The molecule has 0 amide bonds. The van der Waals surface area contributed by atoms with E-state index in [-0.39, 0.29) is 11.3 Å². The van der Waals surface area contributed by atoms with Crippen LogP contribution in [0.4, 0.5) is 0 Å². The first kappa shape index (κ1) is 13.1. The van der Waals surface area contributed by atoms with Crippen LogP contribution in [-0.4, -0.2) is 53.3 Å². The SMILES string of the molecule is O=S(=O)([C@H]1CCOC1)N1CCC[C@H]1Cn1ccnc1. The molecule has 0 bridgehead atoms. The first-order valence-corrected chi connectivity index (χ1v) is 8.22. The van der Waals surface area contributed by atoms with Crippen molar-refractivity contribution in [2.45, 2.75) is 37.1 Å². The molecule has 0 aromatic carbocycles. The zero-order chi connectivity index (χ0) is 13.3. The maximum atomic E-state index is 12.6. The van der Waals surface area contributed by atoms with Crippen LogP contribution in [0.1, 0.15) is 19.3 Å². The van der Waals surface area contributed by atoms with Crippen LogP contribution in [0.3, 0.4) is 0 Å². The highest BCUT2D eigenvalue weighted by atomic mass is 32.2. The number of nitrogens with zero attached hydrogens (tertiary/aromatic N) is 3. The van der Waals surface area contributed by atoms with E-state index in [1.165, 1.54) is 0 Å². The molecule has 7 heteroatoms. The molecule has 2 atom stereocenters. The van der Waals surface area contributed by atoms with Gasteiger partial charge in [-0.05, 0) is 19.3 Å². The number of hydrogen-bond donors (Lipinski definition) is 0. The Hall–Kier alpha value is -0.920. The van der Waals surface area contributed by atoms with Gasteiger partial charge in [0.15, 0.2) is 0 Å². The molecule has 3 rings (SSSR count). The standard InChI is InChI=1S/C12H19N3O3S/c16-19(17,12-3-7-18-9-12)15-5-1-2-11(15)8-14-6-4-13-10-14/h4,6,10-12H,1-3,5,7-9H2/t11-,12-/m0/s1. The molecule has 2 fully saturated rings. The predicted octanol–water partition coefficient (Wildman–Crippen LogP) is 0.466. The normalized spacial score (nSPS) is 29.1. The first-order chi connectivity index (χ1) is 9.18. The van der Waals surface area contributed by atoms with E-state index >= 15 is 0 Å². The van der Waals surface area contributed by atoms with Gasteiger partial charge in [-0.25, -0.2) is 13.4 Å². The Morgan fingerprint density at radius 1 is 1.37 bits per heavy atom. The van der Waals surface area contributed by atoms with Gasteiger partial charge in [-0.2, -0.15) is 4.31 Å². The summed E-state index contributed by atoms with van der Waals surface area (Å²) < 4.78 is 34.0. The molecule has 2 saturated heterocycles. The third-order valence-corrected chi connectivity index (χ3v) is 6.29. The van der Waals surface area contributed by atoms with Crippen molar-refractivity contribution in [2.24, 2.45) is 0 Å². The smallest absolute Gasteiger partial charge is 0.219 e. The molecule has 106 valence electrons.